The third-order valence-corrected chi connectivity index (χ3v) is 3.97. The lowest BCUT2D eigenvalue weighted by Gasteiger charge is -2.24. The van der Waals surface area contributed by atoms with Crippen molar-refractivity contribution in [2.75, 3.05) is 20.6 Å². The Labute approximate surface area is 136 Å². The van der Waals surface area contributed by atoms with Gasteiger partial charge >= 0.3 is 0 Å². The predicted molar refractivity (Wildman–Crippen MR) is 85.3 cm³/mol. The van der Waals surface area contributed by atoms with Crippen molar-refractivity contribution in [3.05, 3.63) is 42.5 Å². The first-order valence-corrected chi connectivity index (χ1v) is 7.84. The van der Waals surface area contributed by atoms with Crippen molar-refractivity contribution < 1.29 is 4.79 Å². The van der Waals surface area contributed by atoms with Gasteiger partial charge in [-0.05, 0) is 26.9 Å². The summed E-state index contributed by atoms with van der Waals surface area (Å²) in [5.74, 6) is 0.102. The molecule has 3 rings (SSSR count). The average Bonchev–Trinajstić information content (AvgIpc) is 3.17. The second kappa shape index (κ2) is 6.87. The van der Waals surface area contributed by atoms with E-state index in [2.05, 4.69) is 14.9 Å². The second-order valence-corrected chi connectivity index (χ2v) is 6.15. The normalized spacial score (nSPS) is 17.9. The molecule has 7 nitrogen and oxygen atoms in total. The van der Waals surface area contributed by atoms with Crippen LogP contribution in [0.25, 0.3) is 0 Å². The van der Waals surface area contributed by atoms with Crippen LogP contribution in [0.5, 0.6) is 0 Å². The van der Waals surface area contributed by atoms with Crippen molar-refractivity contribution in [3.8, 4) is 0 Å². The largest absolute Gasteiger partial charge is 0.332 e. The van der Waals surface area contributed by atoms with Crippen molar-refractivity contribution in [3.63, 3.8) is 0 Å². The zero-order chi connectivity index (χ0) is 16.2. The molecule has 0 unspecified atom stereocenters. The number of amides is 1. The summed E-state index contributed by atoms with van der Waals surface area (Å²) in [5, 5.41) is 0. The van der Waals surface area contributed by atoms with Crippen LogP contribution in [0.3, 0.4) is 0 Å². The minimum absolute atomic E-state index is 0.0284. The highest BCUT2D eigenvalue weighted by molar-refractivity contribution is 5.76. The number of rotatable bonds is 5. The summed E-state index contributed by atoms with van der Waals surface area (Å²) in [6.45, 7) is 1.84. The first-order chi connectivity index (χ1) is 11.1. The third kappa shape index (κ3) is 3.73. The monoisotopic (exact) mass is 314 g/mol. The van der Waals surface area contributed by atoms with E-state index < -0.39 is 0 Å². The number of likely N-dealkylation sites (tertiary alicyclic amines) is 1. The van der Waals surface area contributed by atoms with Gasteiger partial charge in [-0.15, -0.1) is 0 Å². The summed E-state index contributed by atoms with van der Waals surface area (Å²) in [6.07, 6.45) is 10.7. The number of imidazole rings is 1. The van der Waals surface area contributed by atoms with Crippen LogP contribution in [0.4, 0.5) is 0 Å². The minimum atomic E-state index is 0.0284. The zero-order valence-electron chi connectivity index (χ0n) is 13.6. The van der Waals surface area contributed by atoms with Gasteiger partial charge < -0.3 is 14.4 Å². The van der Waals surface area contributed by atoms with Gasteiger partial charge in [-0.3, -0.25) is 14.8 Å². The van der Waals surface area contributed by atoms with Gasteiger partial charge in [0.05, 0.1) is 30.0 Å². The number of hydrogen-bond donors (Lipinski definition) is 0. The Morgan fingerprint density at radius 1 is 1.35 bits per heavy atom. The molecule has 0 aromatic carbocycles. The van der Waals surface area contributed by atoms with Crippen LogP contribution in [0, 0.1) is 0 Å². The Kier molecular flexibility index (Phi) is 4.66. The van der Waals surface area contributed by atoms with Gasteiger partial charge in [0.2, 0.25) is 5.91 Å². The number of carbonyl (C=O) groups is 1. The molecule has 2 aromatic heterocycles. The maximum absolute atomic E-state index is 12.6. The van der Waals surface area contributed by atoms with Crippen molar-refractivity contribution >= 4 is 5.91 Å². The van der Waals surface area contributed by atoms with E-state index in [1.165, 1.54) is 0 Å². The van der Waals surface area contributed by atoms with E-state index in [-0.39, 0.29) is 11.9 Å². The molecule has 1 aliphatic heterocycles. The highest BCUT2D eigenvalue weighted by atomic mass is 16.2. The molecular formula is C16H22N6O. The summed E-state index contributed by atoms with van der Waals surface area (Å²) in [7, 11) is 4.01. The van der Waals surface area contributed by atoms with Crippen LogP contribution in [0.2, 0.25) is 0 Å². The quantitative estimate of drug-likeness (QED) is 0.827. The van der Waals surface area contributed by atoms with Crippen molar-refractivity contribution in [1.82, 2.24) is 29.3 Å². The predicted octanol–water partition coefficient (Wildman–Crippen LogP) is 1.10. The van der Waals surface area contributed by atoms with Gasteiger partial charge in [0.15, 0.2) is 0 Å². The molecule has 1 atom stereocenters. The average molecular weight is 314 g/mol. The highest BCUT2D eigenvalue weighted by Crippen LogP contribution is 2.30. The maximum atomic E-state index is 12.6. The van der Waals surface area contributed by atoms with Gasteiger partial charge in [-0.25, -0.2) is 4.98 Å². The summed E-state index contributed by atoms with van der Waals surface area (Å²) in [4.78, 5) is 29.6. The first-order valence-electron chi connectivity index (χ1n) is 7.84. The molecule has 1 fully saturated rings. The summed E-state index contributed by atoms with van der Waals surface area (Å²) in [5.41, 5.74) is 1.82. The molecule has 2 aromatic rings. The van der Waals surface area contributed by atoms with Gasteiger partial charge in [0, 0.05) is 31.7 Å². The molecule has 0 spiro atoms. The van der Waals surface area contributed by atoms with Gasteiger partial charge in [0.25, 0.3) is 0 Å². The lowest BCUT2D eigenvalue weighted by Crippen LogP contribution is -2.33. The fourth-order valence-electron chi connectivity index (χ4n) is 2.98. The highest BCUT2D eigenvalue weighted by Gasteiger charge is 2.31. The van der Waals surface area contributed by atoms with Gasteiger partial charge in [0.1, 0.15) is 6.54 Å². The number of aromatic nitrogens is 4. The Hall–Kier alpha value is -2.28. The zero-order valence-corrected chi connectivity index (χ0v) is 13.6. The molecule has 0 aliphatic carbocycles. The van der Waals surface area contributed by atoms with Gasteiger partial charge in [-0.1, -0.05) is 0 Å². The molecule has 0 radical (unpaired) electrons. The SMILES string of the molecule is CN(C)Cc1cncc([C@@H]2CCCN2C(=O)Cn2ccnc2)n1. The number of nitrogens with zero attached hydrogens (tertiary/aromatic N) is 6. The Balaban J connectivity index is 1.74. The van der Waals surface area contributed by atoms with Crippen LogP contribution < -0.4 is 0 Å². The summed E-state index contributed by atoms with van der Waals surface area (Å²) >= 11 is 0. The van der Waals surface area contributed by atoms with E-state index in [9.17, 15) is 4.79 Å². The molecule has 0 N–H and O–H groups in total. The van der Waals surface area contributed by atoms with Crippen LogP contribution >= 0.6 is 0 Å². The second-order valence-electron chi connectivity index (χ2n) is 6.15. The molecular weight excluding hydrogens is 292 g/mol. The molecule has 0 saturated carbocycles. The van der Waals surface area contributed by atoms with Crippen LogP contribution in [0.1, 0.15) is 30.3 Å². The molecule has 1 aliphatic rings. The Morgan fingerprint density at radius 3 is 2.96 bits per heavy atom. The fourth-order valence-corrected chi connectivity index (χ4v) is 2.98. The topological polar surface area (TPSA) is 67.2 Å². The maximum Gasteiger partial charge on any atom is 0.243 e. The summed E-state index contributed by atoms with van der Waals surface area (Å²) in [6, 6.07) is 0.0284. The number of hydrogen-bond acceptors (Lipinski definition) is 5. The third-order valence-electron chi connectivity index (χ3n) is 3.97. The Bertz CT molecular complexity index is 654. The van der Waals surface area contributed by atoms with Crippen LogP contribution in [-0.2, 0) is 17.9 Å². The standard InChI is InChI=1S/C16H22N6O/c1-20(2)10-13-8-18-9-14(19-13)15-4-3-6-22(15)16(23)11-21-7-5-17-12-21/h5,7-9,12,15H,3-4,6,10-11H2,1-2H3/t15-/m0/s1. The smallest absolute Gasteiger partial charge is 0.243 e. The molecule has 0 bridgehead atoms. The van der Waals surface area contributed by atoms with Crippen molar-refractivity contribution in [2.45, 2.75) is 32.0 Å². The molecule has 1 saturated heterocycles. The van der Waals surface area contributed by atoms with Crippen LogP contribution in [-0.4, -0.2) is 55.9 Å². The number of carbonyl (C=O) groups excluding carboxylic acids is 1. The lowest BCUT2D eigenvalue weighted by atomic mass is 10.1. The van der Waals surface area contributed by atoms with E-state index in [1.807, 2.05) is 19.0 Å². The minimum Gasteiger partial charge on any atom is -0.332 e. The Morgan fingerprint density at radius 2 is 2.22 bits per heavy atom. The van der Waals surface area contributed by atoms with E-state index >= 15 is 0 Å². The molecule has 23 heavy (non-hydrogen) atoms. The molecule has 3 heterocycles. The van der Waals surface area contributed by atoms with Crippen molar-refractivity contribution in [1.29, 1.82) is 0 Å². The van der Waals surface area contributed by atoms with Crippen LogP contribution in [0.15, 0.2) is 31.1 Å². The summed E-state index contributed by atoms with van der Waals surface area (Å²) < 4.78 is 1.80. The molecule has 122 valence electrons. The fraction of sp³-hybridized carbons (Fsp3) is 0.500. The van der Waals surface area contributed by atoms with E-state index in [1.54, 1.807) is 35.7 Å². The molecule has 7 heteroatoms. The van der Waals surface area contributed by atoms with Gasteiger partial charge in [-0.2, -0.15) is 0 Å². The van der Waals surface area contributed by atoms with Crippen molar-refractivity contribution in [2.24, 2.45) is 0 Å². The lowest BCUT2D eigenvalue weighted by molar-refractivity contribution is -0.132. The first kappa shape index (κ1) is 15.6. The van der Waals surface area contributed by atoms with E-state index in [0.717, 1.165) is 37.3 Å². The molecule has 1 amide bonds. The van der Waals surface area contributed by atoms with E-state index in [4.69, 9.17) is 4.98 Å². The van der Waals surface area contributed by atoms with E-state index in [0.29, 0.717) is 6.54 Å².